The number of halogens is 2. The topological polar surface area (TPSA) is 64.7 Å². The maximum Gasteiger partial charge on any atom is 0.301 e. The van der Waals surface area contributed by atoms with Crippen molar-refractivity contribution in [3.8, 4) is 0 Å². The summed E-state index contributed by atoms with van der Waals surface area (Å²) in [6.07, 6.45) is 0. The number of hydrogen-bond donors (Lipinski definition) is 2. The average molecular weight is 838 g/mol. The zero-order valence-electron chi connectivity index (χ0n) is 31.3. The van der Waals surface area contributed by atoms with Gasteiger partial charge in [-0.3, -0.25) is 18.5 Å². The Hall–Kier alpha value is -6.00. The van der Waals surface area contributed by atoms with Crippen molar-refractivity contribution >= 4 is 91.9 Å². The monoisotopic (exact) mass is 836 g/mol. The standard InChI is InChI=1S/C24H19N2OP.C18H16N2.C6H5Cl2OP/c27-28(22-16-8-3-9-17-22)25(20-12-4-1-5-13-20)23-18-10-11-19-24(23)26(28)21-14-6-2-7-15-21;1-3-9-15(10-4-1)19-17-13-7-8-14-18(17)20-16-11-5-2-6-12-16;7-10(8,9)6-4-2-1-3-5-6/h1-19H;1-14,19-20H;1-5H. The van der Waals surface area contributed by atoms with E-state index in [9.17, 15) is 9.13 Å². The molecule has 8 aromatic rings. The van der Waals surface area contributed by atoms with Gasteiger partial charge in [-0.1, -0.05) is 133 Å². The second kappa shape index (κ2) is 19.0. The molecular weight excluding hydrogens is 797 g/mol. The van der Waals surface area contributed by atoms with E-state index in [2.05, 4.69) is 47.0 Å². The van der Waals surface area contributed by atoms with Crippen molar-refractivity contribution in [2.45, 2.75) is 0 Å². The van der Waals surface area contributed by atoms with Crippen molar-refractivity contribution in [1.82, 2.24) is 0 Å². The van der Waals surface area contributed by atoms with Crippen LogP contribution in [-0.2, 0) is 9.13 Å². The molecule has 0 unspecified atom stereocenters. The number of benzene rings is 8. The lowest BCUT2D eigenvalue weighted by molar-refractivity contribution is 0.582. The summed E-state index contributed by atoms with van der Waals surface area (Å²) in [4.78, 5) is 0. The van der Waals surface area contributed by atoms with E-state index >= 15 is 0 Å². The highest BCUT2D eigenvalue weighted by atomic mass is 35.9. The van der Waals surface area contributed by atoms with E-state index < -0.39 is 13.3 Å². The lowest BCUT2D eigenvalue weighted by Crippen LogP contribution is -2.26. The number of nitrogens with one attached hydrogen (secondary N) is 2. The fourth-order valence-electron chi connectivity index (χ4n) is 6.44. The second-order valence-corrected chi connectivity index (χ2v) is 20.2. The van der Waals surface area contributed by atoms with Gasteiger partial charge in [-0.05, 0) is 120 Å². The molecule has 0 aliphatic carbocycles. The van der Waals surface area contributed by atoms with E-state index in [1.165, 1.54) is 0 Å². The Balaban J connectivity index is 0.000000148. The van der Waals surface area contributed by atoms with Crippen LogP contribution in [0.5, 0.6) is 0 Å². The first-order valence-electron chi connectivity index (χ1n) is 18.6. The summed E-state index contributed by atoms with van der Waals surface area (Å²) in [7, 11) is -3.20. The van der Waals surface area contributed by atoms with Gasteiger partial charge >= 0.3 is 7.44 Å². The summed E-state index contributed by atoms with van der Waals surface area (Å²) in [6, 6.07) is 74.9. The summed E-state index contributed by atoms with van der Waals surface area (Å²) in [5.41, 5.74) is 8.00. The van der Waals surface area contributed by atoms with Gasteiger partial charge in [0.25, 0.3) is 5.85 Å². The molecule has 9 rings (SSSR count). The molecule has 8 aromatic carbocycles. The first kappa shape index (κ1) is 40.2. The molecule has 0 amide bonds. The van der Waals surface area contributed by atoms with Gasteiger partial charge in [0.1, 0.15) is 0 Å². The summed E-state index contributed by atoms with van der Waals surface area (Å²) in [6.45, 7) is 0. The van der Waals surface area contributed by atoms with E-state index in [1.54, 1.807) is 24.3 Å². The Morgan fingerprint density at radius 1 is 0.397 bits per heavy atom. The fourth-order valence-corrected chi connectivity index (χ4v) is 10.7. The maximum atomic E-state index is 15.0. The molecule has 0 radical (unpaired) electrons. The van der Waals surface area contributed by atoms with E-state index in [0.717, 1.165) is 50.8 Å². The molecule has 0 saturated heterocycles. The van der Waals surface area contributed by atoms with Crippen LogP contribution in [0.3, 0.4) is 0 Å². The van der Waals surface area contributed by atoms with Crippen LogP contribution in [0, 0.1) is 0 Å². The SMILES string of the molecule is O=P(Cl)(Cl)c1ccccc1.O=P1(c2ccccc2)N(c2ccccc2)c2ccccc2N1c1ccccc1.c1ccc(Nc2ccccc2Nc2ccccc2)cc1. The van der Waals surface area contributed by atoms with Gasteiger partial charge in [0, 0.05) is 28.1 Å². The number of fused-ring (bicyclic) bond motifs is 1. The fraction of sp³-hybridized carbons (Fsp3) is 0. The van der Waals surface area contributed by atoms with Crippen molar-refractivity contribution < 1.29 is 9.13 Å². The normalized spacial score (nSPS) is 12.5. The Bertz CT molecular complexity index is 2470. The van der Waals surface area contributed by atoms with E-state index in [1.807, 2.05) is 179 Å². The molecule has 2 N–H and O–H groups in total. The molecule has 1 aliphatic rings. The highest BCUT2D eigenvalue weighted by molar-refractivity contribution is 8.13. The minimum Gasteiger partial charge on any atom is -0.354 e. The summed E-state index contributed by atoms with van der Waals surface area (Å²) < 4.78 is 29.9. The Labute approximate surface area is 349 Å². The van der Waals surface area contributed by atoms with Crippen LogP contribution in [-0.4, -0.2) is 0 Å². The van der Waals surface area contributed by atoms with Crippen molar-refractivity contribution in [3.05, 3.63) is 231 Å². The van der Waals surface area contributed by atoms with Crippen LogP contribution in [0.2, 0.25) is 0 Å². The quantitative estimate of drug-likeness (QED) is 0.149. The largest absolute Gasteiger partial charge is 0.354 e. The van der Waals surface area contributed by atoms with Crippen LogP contribution >= 0.6 is 35.8 Å². The van der Waals surface area contributed by atoms with Crippen LogP contribution in [0.25, 0.3) is 0 Å². The third-order valence-electron chi connectivity index (χ3n) is 9.06. The predicted molar refractivity (Wildman–Crippen MR) is 249 cm³/mol. The molecule has 0 saturated carbocycles. The molecule has 0 fully saturated rings. The summed E-state index contributed by atoms with van der Waals surface area (Å²) in [5, 5.41) is 8.15. The Kier molecular flexibility index (Phi) is 13.1. The molecular formula is C48H40Cl2N4O2P2. The lowest BCUT2D eigenvalue weighted by Gasteiger charge is -2.33. The number of nitrogens with zero attached hydrogens (tertiary/aromatic N) is 2. The van der Waals surface area contributed by atoms with Crippen molar-refractivity contribution in [2.24, 2.45) is 0 Å². The van der Waals surface area contributed by atoms with Crippen molar-refractivity contribution in [2.75, 3.05) is 20.0 Å². The molecule has 0 aromatic heterocycles. The highest BCUT2D eigenvalue weighted by Crippen LogP contribution is 2.69. The summed E-state index contributed by atoms with van der Waals surface area (Å²) >= 11 is 10.8. The van der Waals surface area contributed by atoms with E-state index in [0.29, 0.717) is 5.30 Å². The zero-order chi connectivity index (χ0) is 40.2. The lowest BCUT2D eigenvalue weighted by atomic mass is 10.2. The van der Waals surface area contributed by atoms with Gasteiger partial charge in [-0.2, -0.15) is 0 Å². The first-order valence-corrected chi connectivity index (χ1v) is 23.7. The molecule has 0 spiro atoms. The van der Waals surface area contributed by atoms with E-state index in [4.69, 9.17) is 22.5 Å². The zero-order valence-corrected chi connectivity index (χ0v) is 34.6. The summed E-state index contributed by atoms with van der Waals surface area (Å²) in [5.74, 6) is -3.07. The van der Waals surface area contributed by atoms with Gasteiger partial charge in [0.05, 0.1) is 28.1 Å². The minimum atomic E-state index is -3.20. The molecule has 0 atom stereocenters. The first-order chi connectivity index (χ1) is 28.3. The van der Waals surface area contributed by atoms with Gasteiger partial charge in [0.15, 0.2) is 0 Å². The van der Waals surface area contributed by atoms with Gasteiger partial charge in [-0.25, -0.2) is 0 Å². The number of hydrogen-bond acceptors (Lipinski definition) is 4. The number of anilines is 8. The maximum absolute atomic E-state index is 15.0. The molecule has 1 aliphatic heterocycles. The third kappa shape index (κ3) is 9.57. The van der Waals surface area contributed by atoms with Gasteiger partial charge < -0.3 is 10.6 Å². The van der Waals surface area contributed by atoms with Crippen LogP contribution in [0.15, 0.2) is 231 Å². The Morgan fingerprint density at radius 3 is 1.07 bits per heavy atom. The molecule has 288 valence electrons. The molecule has 10 heteroatoms. The van der Waals surface area contributed by atoms with Crippen LogP contribution < -0.4 is 30.6 Å². The predicted octanol–water partition coefficient (Wildman–Crippen LogP) is 14.7. The molecule has 58 heavy (non-hydrogen) atoms. The molecule has 1 heterocycles. The van der Waals surface area contributed by atoms with Crippen LogP contribution in [0.4, 0.5) is 45.5 Å². The van der Waals surface area contributed by atoms with Crippen molar-refractivity contribution in [3.63, 3.8) is 0 Å². The minimum absolute atomic E-state index is 0.485. The Morgan fingerprint density at radius 2 is 0.707 bits per heavy atom. The van der Waals surface area contributed by atoms with Gasteiger partial charge in [-0.15, -0.1) is 0 Å². The number of para-hydroxylation sites is 8. The highest BCUT2D eigenvalue weighted by Gasteiger charge is 2.48. The second-order valence-electron chi connectivity index (χ2n) is 13.0. The van der Waals surface area contributed by atoms with Crippen LogP contribution in [0.1, 0.15) is 0 Å². The molecule has 6 nitrogen and oxygen atoms in total. The third-order valence-corrected chi connectivity index (χ3v) is 14.1. The van der Waals surface area contributed by atoms with Crippen molar-refractivity contribution in [1.29, 1.82) is 0 Å². The number of rotatable bonds is 8. The van der Waals surface area contributed by atoms with E-state index in [-0.39, 0.29) is 0 Å². The average Bonchev–Trinajstić information content (AvgIpc) is 3.55. The van der Waals surface area contributed by atoms with Gasteiger partial charge in [0.2, 0.25) is 0 Å². The smallest absolute Gasteiger partial charge is 0.301 e. The molecule has 0 bridgehead atoms.